The average Bonchev–Trinajstić information content (AvgIpc) is 3.44. The summed E-state index contributed by atoms with van der Waals surface area (Å²) in [6.07, 6.45) is 8.28. The zero-order valence-corrected chi connectivity index (χ0v) is 18.3. The summed E-state index contributed by atoms with van der Waals surface area (Å²) in [4.78, 5) is 4.08. The van der Waals surface area contributed by atoms with Gasteiger partial charge in [0.2, 0.25) is 0 Å². The van der Waals surface area contributed by atoms with E-state index < -0.39 is 6.55 Å². The molecule has 2 aromatic heterocycles. The molecular formula is C21H25F2N5O2S. The zero-order valence-electron chi connectivity index (χ0n) is 17.5. The second-order valence-corrected chi connectivity index (χ2v) is 8.30. The molecule has 1 aliphatic carbocycles. The highest BCUT2D eigenvalue weighted by Crippen LogP contribution is 2.38. The van der Waals surface area contributed by atoms with Gasteiger partial charge in [0.1, 0.15) is 5.82 Å². The second kappa shape index (κ2) is 9.67. The van der Waals surface area contributed by atoms with Gasteiger partial charge in [0.05, 0.1) is 20.0 Å². The van der Waals surface area contributed by atoms with E-state index in [4.69, 9.17) is 9.47 Å². The van der Waals surface area contributed by atoms with Gasteiger partial charge in [-0.2, -0.15) is 8.78 Å². The summed E-state index contributed by atoms with van der Waals surface area (Å²) in [7, 11) is 3.19. The Bertz CT molecular complexity index is 1020. The molecule has 0 amide bonds. The lowest BCUT2D eigenvalue weighted by Crippen LogP contribution is -2.15. The first-order valence-electron chi connectivity index (χ1n) is 10.2. The summed E-state index contributed by atoms with van der Waals surface area (Å²) in [5.41, 5.74) is 0.872. The van der Waals surface area contributed by atoms with E-state index in [-0.39, 0.29) is 11.8 Å². The van der Waals surface area contributed by atoms with Crippen LogP contribution < -0.4 is 9.47 Å². The monoisotopic (exact) mass is 449 g/mol. The summed E-state index contributed by atoms with van der Waals surface area (Å²) < 4.78 is 40.2. The molecule has 2 heterocycles. The van der Waals surface area contributed by atoms with E-state index in [1.165, 1.54) is 30.6 Å². The van der Waals surface area contributed by atoms with Gasteiger partial charge in [-0.3, -0.25) is 9.13 Å². The molecule has 1 saturated carbocycles. The molecule has 0 saturated heterocycles. The number of hydrogen-bond acceptors (Lipinski definition) is 6. The maximum Gasteiger partial charge on any atom is 0.319 e. The first-order valence-corrected chi connectivity index (χ1v) is 11.2. The Kier molecular flexibility index (Phi) is 6.74. The molecule has 0 bridgehead atoms. The fraction of sp³-hybridized carbons (Fsp3) is 0.476. The molecule has 10 heteroatoms. The maximum atomic E-state index is 13.2. The predicted molar refractivity (Wildman–Crippen MR) is 114 cm³/mol. The molecule has 7 nitrogen and oxygen atoms in total. The van der Waals surface area contributed by atoms with Crippen LogP contribution in [0, 0.1) is 0 Å². The lowest BCUT2D eigenvalue weighted by molar-refractivity contribution is 0.0678. The van der Waals surface area contributed by atoms with E-state index >= 15 is 0 Å². The molecule has 1 aliphatic rings. The minimum atomic E-state index is -2.61. The standard InChI is InChI=1S/C21H25F2N5O2S/c1-29-16-9-8-14(12-17(16)30-2)19-25-26-21(28(19)15-6-4-3-5-7-15)31-13-18-24-10-11-27(18)20(22)23/h8-12,15,20H,3-7,13H2,1-2H3. The molecule has 1 fully saturated rings. The van der Waals surface area contributed by atoms with Gasteiger partial charge in [0.15, 0.2) is 22.5 Å². The Hall–Kier alpha value is -2.62. The Morgan fingerprint density at radius 3 is 2.58 bits per heavy atom. The summed E-state index contributed by atoms with van der Waals surface area (Å²) in [6.45, 7) is -2.61. The quantitative estimate of drug-likeness (QED) is 0.432. The van der Waals surface area contributed by atoms with E-state index in [9.17, 15) is 8.78 Å². The second-order valence-electron chi connectivity index (χ2n) is 7.35. The Morgan fingerprint density at radius 1 is 1.10 bits per heavy atom. The fourth-order valence-corrected chi connectivity index (χ4v) is 4.93. The lowest BCUT2D eigenvalue weighted by atomic mass is 9.95. The normalized spacial score (nSPS) is 14.9. The number of hydrogen-bond donors (Lipinski definition) is 0. The van der Waals surface area contributed by atoms with E-state index in [1.54, 1.807) is 14.2 Å². The van der Waals surface area contributed by atoms with Crippen LogP contribution in [0.1, 0.15) is 50.5 Å². The van der Waals surface area contributed by atoms with Crippen molar-refractivity contribution in [3.05, 3.63) is 36.4 Å². The van der Waals surface area contributed by atoms with Gasteiger partial charge in [0.25, 0.3) is 0 Å². The Morgan fingerprint density at radius 2 is 1.87 bits per heavy atom. The number of ether oxygens (including phenoxy) is 2. The highest BCUT2D eigenvalue weighted by Gasteiger charge is 2.25. The highest BCUT2D eigenvalue weighted by molar-refractivity contribution is 7.98. The summed E-state index contributed by atoms with van der Waals surface area (Å²) >= 11 is 1.38. The SMILES string of the molecule is COc1ccc(-c2nnc(SCc3nccn3C(F)F)n2C2CCCCC2)cc1OC. The molecule has 166 valence electrons. The van der Waals surface area contributed by atoms with Crippen molar-refractivity contribution in [2.45, 2.75) is 55.6 Å². The van der Waals surface area contributed by atoms with Crippen LogP contribution in [-0.2, 0) is 5.75 Å². The van der Waals surface area contributed by atoms with Crippen LogP contribution in [0.15, 0.2) is 35.7 Å². The first kappa shape index (κ1) is 21.6. The summed E-state index contributed by atoms with van der Waals surface area (Å²) in [5.74, 6) is 2.60. The van der Waals surface area contributed by atoms with Crippen molar-refractivity contribution in [2.75, 3.05) is 14.2 Å². The van der Waals surface area contributed by atoms with Gasteiger partial charge in [-0.25, -0.2) is 4.98 Å². The molecule has 0 spiro atoms. The van der Waals surface area contributed by atoms with Gasteiger partial charge >= 0.3 is 6.55 Å². The van der Waals surface area contributed by atoms with Crippen LogP contribution in [0.5, 0.6) is 11.5 Å². The number of nitrogens with zero attached hydrogens (tertiary/aromatic N) is 5. The Labute approximate surface area is 183 Å². The van der Waals surface area contributed by atoms with Gasteiger partial charge in [-0.15, -0.1) is 10.2 Å². The molecule has 0 N–H and O–H groups in total. The molecule has 0 radical (unpaired) electrons. The van der Waals surface area contributed by atoms with Gasteiger partial charge in [-0.1, -0.05) is 31.0 Å². The molecular weight excluding hydrogens is 424 g/mol. The number of aromatic nitrogens is 5. The predicted octanol–water partition coefficient (Wildman–Crippen LogP) is 5.35. The van der Waals surface area contributed by atoms with Crippen LogP contribution in [-0.4, -0.2) is 38.5 Å². The summed E-state index contributed by atoms with van der Waals surface area (Å²) in [6, 6.07) is 5.94. The van der Waals surface area contributed by atoms with Crippen LogP contribution >= 0.6 is 11.8 Å². The average molecular weight is 450 g/mol. The number of halogens is 2. The summed E-state index contributed by atoms with van der Waals surface area (Å²) in [5, 5.41) is 9.60. The lowest BCUT2D eigenvalue weighted by Gasteiger charge is -2.25. The third-order valence-corrected chi connectivity index (χ3v) is 6.47. The van der Waals surface area contributed by atoms with Crippen LogP contribution in [0.25, 0.3) is 11.4 Å². The van der Waals surface area contributed by atoms with Crippen molar-refractivity contribution < 1.29 is 18.3 Å². The smallest absolute Gasteiger partial charge is 0.319 e. The minimum Gasteiger partial charge on any atom is -0.493 e. The van der Waals surface area contributed by atoms with Gasteiger partial charge in [-0.05, 0) is 31.0 Å². The third-order valence-electron chi connectivity index (χ3n) is 5.54. The fourth-order valence-electron chi connectivity index (χ4n) is 3.98. The first-order chi connectivity index (χ1) is 15.1. The molecule has 0 atom stereocenters. The van der Waals surface area contributed by atoms with E-state index in [0.29, 0.717) is 22.5 Å². The minimum absolute atomic E-state index is 0.268. The van der Waals surface area contributed by atoms with Crippen molar-refractivity contribution in [1.82, 2.24) is 24.3 Å². The number of rotatable bonds is 8. The number of methoxy groups -OCH3 is 2. The van der Waals surface area contributed by atoms with Crippen molar-refractivity contribution in [2.24, 2.45) is 0 Å². The third kappa shape index (κ3) is 4.53. The molecule has 31 heavy (non-hydrogen) atoms. The molecule has 0 aliphatic heterocycles. The van der Waals surface area contributed by atoms with E-state index in [2.05, 4.69) is 19.7 Å². The topological polar surface area (TPSA) is 67.0 Å². The molecule has 0 unspecified atom stereocenters. The maximum absolute atomic E-state index is 13.2. The van der Waals surface area contributed by atoms with E-state index in [0.717, 1.165) is 41.6 Å². The van der Waals surface area contributed by atoms with Crippen molar-refractivity contribution in [3.8, 4) is 22.9 Å². The van der Waals surface area contributed by atoms with Gasteiger partial charge in [0, 0.05) is 24.0 Å². The number of imidazole rings is 1. The molecule has 3 aromatic rings. The van der Waals surface area contributed by atoms with Crippen molar-refractivity contribution in [1.29, 1.82) is 0 Å². The van der Waals surface area contributed by atoms with Crippen LogP contribution in [0.2, 0.25) is 0 Å². The van der Waals surface area contributed by atoms with Crippen molar-refractivity contribution >= 4 is 11.8 Å². The Balaban J connectivity index is 1.68. The number of alkyl halides is 2. The van der Waals surface area contributed by atoms with E-state index in [1.807, 2.05) is 18.2 Å². The van der Waals surface area contributed by atoms with Crippen LogP contribution in [0.3, 0.4) is 0 Å². The largest absolute Gasteiger partial charge is 0.493 e. The van der Waals surface area contributed by atoms with Crippen molar-refractivity contribution in [3.63, 3.8) is 0 Å². The molecule has 4 rings (SSSR count). The molecule has 1 aromatic carbocycles. The van der Waals surface area contributed by atoms with Gasteiger partial charge < -0.3 is 9.47 Å². The van der Waals surface area contributed by atoms with Crippen LogP contribution in [0.4, 0.5) is 8.78 Å². The number of benzene rings is 1. The highest BCUT2D eigenvalue weighted by atomic mass is 32.2. The zero-order chi connectivity index (χ0) is 21.8. The number of thioether (sulfide) groups is 1.